The third kappa shape index (κ3) is 4.35. The van der Waals surface area contributed by atoms with Crippen molar-refractivity contribution in [2.45, 2.75) is 18.9 Å². The van der Waals surface area contributed by atoms with Gasteiger partial charge < -0.3 is 23.9 Å². The Hall–Kier alpha value is -2.91. The first kappa shape index (κ1) is 23.3. The van der Waals surface area contributed by atoms with E-state index in [0.717, 1.165) is 17.4 Å². The van der Waals surface area contributed by atoms with Crippen molar-refractivity contribution in [3.63, 3.8) is 0 Å². The molecule has 0 radical (unpaired) electrons. The lowest BCUT2D eigenvalue weighted by Crippen LogP contribution is -2.47. The summed E-state index contributed by atoms with van der Waals surface area (Å²) in [5, 5.41) is 25.3. The van der Waals surface area contributed by atoms with Gasteiger partial charge in [0.05, 0.1) is 24.8 Å². The van der Waals surface area contributed by atoms with Crippen molar-refractivity contribution >= 4 is 22.6 Å². The number of hydrogen-bond donors (Lipinski definition) is 2. The Morgan fingerprint density at radius 3 is 2.48 bits per heavy atom. The minimum atomic E-state index is -1.02. The molecule has 0 unspecified atom stereocenters. The molecule has 0 amide bonds. The molecule has 8 nitrogen and oxygen atoms in total. The van der Waals surface area contributed by atoms with Gasteiger partial charge >= 0.3 is 0 Å². The highest BCUT2D eigenvalue weighted by atomic mass is 35.5. The number of aliphatic hydroxyl groups excluding tert-OH is 2. The first-order chi connectivity index (χ1) is 15.9. The van der Waals surface area contributed by atoms with Gasteiger partial charge in [0.25, 0.3) is 5.89 Å². The molecule has 0 atom stereocenters. The molecule has 0 spiro atoms. The van der Waals surface area contributed by atoms with Gasteiger partial charge in [0, 0.05) is 16.5 Å². The summed E-state index contributed by atoms with van der Waals surface area (Å²) in [7, 11) is 3.56. The predicted molar refractivity (Wildman–Crippen MR) is 125 cm³/mol. The molecule has 0 fully saturated rings. The van der Waals surface area contributed by atoms with Crippen LogP contribution in [0.3, 0.4) is 0 Å². The van der Waals surface area contributed by atoms with E-state index in [4.69, 9.17) is 25.3 Å². The van der Waals surface area contributed by atoms with Crippen molar-refractivity contribution < 1.29 is 23.9 Å². The molecule has 2 aromatic heterocycles. The fraction of sp³-hybridized carbons (Fsp3) is 0.333. The third-order valence-corrected chi connectivity index (χ3v) is 5.97. The van der Waals surface area contributed by atoms with Crippen molar-refractivity contribution in [3.8, 4) is 28.6 Å². The molecule has 2 aromatic carbocycles. The quantitative estimate of drug-likeness (QED) is 0.371. The second-order valence-electron chi connectivity index (χ2n) is 8.02. The Bertz CT molecular complexity index is 1250. The van der Waals surface area contributed by atoms with E-state index in [-0.39, 0.29) is 13.2 Å². The van der Waals surface area contributed by atoms with Gasteiger partial charge in [-0.05, 0) is 63.0 Å². The van der Waals surface area contributed by atoms with Crippen LogP contribution >= 0.6 is 11.6 Å². The number of hydrogen-bond acceptors (Lipinski definition) is 8. The normalized spacial score (nSPS) is 12.1. The summed E-state index contributed by atoms with van der Waals surface area (Å²) >= 11 is 6.33. The van der Waals surface area contributed by atoms with Crippen LogP contribution in [0.2, 0.25) is 5.02 Å². The van der Waals surface area contributed by atoms with Gasteiger partial charge in [-0.15, -0.1) is 0 Å². The van der Waals surface area contributed by atoms with Crippen LogP contribution in [-0.2, 0) is 5.54 Å². The Kier molecular flexibility index (Phi) is 6.71. The molecule has 2 N–H and O–H groups in total. The maximum absolute atomic E-state index is 9.94. The maximum atomic E-state index is 9.94. The topological polar surface area (TPSA) is 105 Å². The smallest absolute Gasteiger partial charge is 0.258 e. The fourth-order valence-electron chi connectivity index (χ4n) is 3.54. The average molecular weight is 472 g/mol. The van der Waals surface area contributed by atoms with Crippen LogP contribution in [-0.4, -0.2) is 59.2 Å². The number of rotatable bonds is 9. The van der Waals surface area contributed by atoms with Crippen molar-refractivity contribution in [1.29, 1.82) is 0 Å². The van der Waals surface area contributed by atoms with Crippen molar-refractivity contribution in [1.82, 2.24) is 15.0 Å². The summed E-state index contributed by atoms with van der Waals surface area (Å²) in [5.41, 5.74) is 1.03. The van der Waals surface area contributed by atoms with E-state index < -0.39 is 5.54 Å². The van der Waals surface area contributed by atoms with E-state index in [0.29, 0.717) is 46.0 Å². The summed E-state index contributed by atoms with van der Waals surface area (Å²) < 4.78 is 17.0. The minimum absolute atomic E-state index is 0.289. The van der Waals surface area contributed by atoms with E-state index >= 15 is 0 Å². The van der Waals surface area contributed by atoms with Gasteiger partial charge in [0.15, 0.2) is 0 Å². The van der Waals surface area contributed by atoms with Gasteiger partial charge in [0.2, 0.25) is 5.82 Å². The SMILES string of the molecule is CCCOc1ccc(-c2nc(-c3ccc4oc(C(CO)(CO)N(C)C)cc4c3)no2)cc1Cl. The molecule has 0 aliphatic rings. The van der Waals surface area contributed by atoms with Crippen LogP contribution in [0.25, 0.3) is 33.8 Å². The van der Waals surface area contributed by atoms with E-state index in [1.54, 1.807) is 43.3 Å². The number of fused-ring (bicyclic) bond motifs is 1. The molecular weight excluding hydrogens is 446 g/mol. The monoisotopic (exact) mass is 471 g/mol. The van der Waals surface area contributed by atoms with Crippen LogP contribution < -0.4 is 4.74 Å². The number of likely N-dealkylation sites (N-methyl/N-ethyl adjacent to an activating group) is 1. The molecule has 0 bridgehead atoms. The van der Waals surface area contributed by atoms with Gasteiger partial charge in [-0.2, -0.15) is 4.98 Å². The average Bonchev–Trinajstić information content (AvgIpc) is 3.46. The number of nitrogens with zero attached hydrogens (tertiary/aromatic N) is 3. The maximum Gasteiger partial charge on any atom is 0.258 e. The van der Waals surface area contributed by atoms with Crippen LogP contribution in [0.5, 0.6) is 5.75 Å². The first-order valence-corrected chi connectivity index (χ1v) is 11.0. The molecule has 9 heteroatoms. The van der Waals surface area contributed by atoms with Crippen LogP contribution in [0, 0.1) is 0 Å². The summed E-state index contributed by atoms with van der Waals surface area (Å²) in [4.78, 5) is 6.25. The molecule has 0 aliphatic carbocycles. The van der Waals surface area contributed by atoms with Gasteiger partial charge in [-0.3, -0.25) is 4.90 Å². The first-order valence-electron chi connectivity index (χ1n) is 10.6. The van der Waals surface area contributed by atoms with E-state index in [1.165, 1.54) is 0 Å². The predicted octanol–water partition coefficient (Wildman–Crippen LogP) is 4.33. The summed E-state index contributed by atoms with van der Waals surface area (Å²) in [6.07, 6.45) is 0.893. The van der Waals surface area contributed by atoms with E-state index in [1.807, 2.05) is 25.1 Å². The summed E-state index contributed by atoms with van der Waals surface area (Å²) in [6, 6.07) is 12.7. The molecule has 0 aliphatic heterocycles. The molecule has 0 saturated heterocycles. The summed E-state index contributed by atoms with van der Waals surface area (Å²) in [6.45, 7) is 2.04. The molecule has 174 valence electrons. The van der Waals surface area contributed by atoms with Gasteiger partial charge in [-0.1, -0.05) is 23.7 Å². The lowest BCUT2D eigenvalue weighted by atomic mass is 9.96. The third-order valence-electron chi connectivity index (χ3n) is 5.68. The highest BCUT2D eigenvalue weighted by Gasteiger charge is 2.37. The number of halogens is 1. The second-order valence-corrected chi connectivity index (χ2v) is 8.43. The zero-order valence-corrected chi connectivity index (χ0v) is 19.5. The van der Waals surface area contributed by atoms with E-state index in [2.05, 4.69) is 10.1 Å². The largest absolute Gasteiger partial charge is 0.492 e. The van der Waals surface area contributed by atoms with Crippen molar-refractivity contribution in [2.75, 3.05) is 33.9 Å². The van der Waals surface area contributed by atoms with Crippen molar-refractivity contribution in [3.05, 3.63) is 53.2 Å². The Morgan fingerprint density at radius 1 is 1.06 bits per heavy atom. The Balaban J connectivity index is 1.64. The standard InChI is InChI=1S/C24H26ClN3O5/c1-4-9-31-20-8-6-16(11-18(20)25)23-26-22(27-33-23)15-5-7-19-17(10-15)12-21(32-19)24(13-29,14-30)28(2)3/h5-8,10-12,29-30H,4,9,13-14H2,1-3H3. The molecule has 0 saturated carbocycles. The lowest BCUT2D eigenvalue weighted by molar-refractivity contribution is -0.000902. The van der Waals surface area contributed by atoms with Crippen LogP contribution in [0.4, 0.5) is 0 Å². The van der Waals surface area contributed by atoms with Crippen LogP contribution in [0.15, 0.2) is 51.4 Å². The molecule has 4 rings (SSSR count). The van der Waals surface area contributed by atoms with Gasteiger partial charge in [0.1, 0.15) is 22.6 Å². The number of ether oxygens (including phenoxy) is 1. The zero-order chi connectivity index (χ0) is 23.6. The molecule has 2 heterocycles. The zero-order valence-electron chi connectivity index (χ0n) is 18.7. The molecule has 33 heavy (non-hydrogen) atoms. The van der Waals surface area contributed by atoms with Crippen molar-refractivity contribution in [2.24, 2.45) is 0 Å². The number of aliphatic hydroxyl groups is 2. The summed E-state index contributed by atoms with van der Waals surface area (Å²) in [5.74, 6) is 1.84. The highest BCUT2D eigenvalue weighted by molar-refractivity contribution is 6.32. The Morgan fingerprint density at radius 2 is 1.82 bits per heavy atom. The Labute approximate surface area is 196 Å². The van der Waals surface area contributed by atoms with Crippen LogP contribution in [0.1, 0.15) is 19.1 Å². The highest BCUT2D eigenvalue weighted by Crippen LogP contribution is 2.34. The number of benzene rings is 2. The molecular formula is C24H26ClN3O5. The second kappa shape index (κ2) is 9.52. The minimum Gasteiger partial charge on any atom is -0.492 e. The molecule has 4 aromatic rings. The number of furan rings is 1. The van der Waals surface area contributed by atoms with Gasteiger partial charge in [-0.25, -0.2) is 0 Å². The lowest BCUT2D eigenvalue weighted by Gasteiger charge is -2.34. The van der Waals surface area contributed by atoms with E-state index in [9.17, 15) is 10.2 Å². The fourth-order valence-corrected chi connectivity index (χ4v) is 3.78. The number of aromatic nitrogens is 2.